The molecule has 2 aliphatic rings. The van der Waals surface area contributed by atoms with Crippen LogP contribution in [0.25, 0.3) is 6.08 Å². The van der Waals surface area contributed by atoms with Crippen LogP contribution in [0.3, 0.4) is 0 Å². The molecule has 0 N–H and O–H groups in total. The monoisotopic (exact) mass is 226 g/mol. The van der Waals surface area contributed by atoms with Crippen molar-refractivity contribution in [3.8, 4) is 0 Å². The Balaban J connectivity index is 2.00. The number of fused-ring (bicyclic) bond motifs is 2. The summed E-state index contributed by atoms with van der Waals surface area (Å²) in [4.78, 5) is 0. The highest BCUT2D eigenvalue weighted by Crippen LogP contribution is 2.68. The summed E-state index contributed by atoms with van der Waals surface area (Å²) in [5.41, 5.74) is 3.98. The molecule has 2 atom stereocenters. The predicted molar refractivity (Wildman–Crippen MR) is 73.6 cm³/mol. The van der Waals surface area contributed by atoms with E-state index in [1.165, 1.54) is 24.8 Å². The Kier molecular flexibility index (Phi) is 2.26. The van der Waals surface area contributed by atoms with Gasteiger partial charge in [-0.3, -0.25) is 0 Å². The van der Waals surface area contributed by atoms with E-state index in [1.807, 2.05) is 0 Å². The van der Waals surface area contributed by atoms with E-state index in [4.69, 9.17) is 0 Å². The summed E-state index contributed by atoms with van der Waals surface area (Å²) in [6.07, 6.45) is 6.57. The first-order valence-electron chi connectivity index (χ1n) is 6.80. The van der Waals surface area contributed by atoms with Gasteiger partial charge in [0.25, 0.3) is 0 Å². The Labute approximate surface area is 105 Å². The van der Waals surface area contributed by atoms with Crippen molar-refractivity contribution in [3.63, 3.8) is 0 Å². The molecule has 2 aliphatic carbocycles. The molecule has 2 bridgehead atoms. The second-order valence-corrected chi connectivity index (χ2v) is 6.57. The smallest absolute Gasteiger partial charge is 0.00590 e. The maximum absolute atomic E-state index is 2.48. The van der Waals surface area contributed by atoms with Crippen molar-refractivity contribution in [2.24, 2.45) is 16.7 Å². The van der Waals surface area contributed by atoms with Crippen molar-refractivity contribution in [1.29, 1.82) is 0 Å². The fourth-order valence-electron chi connectivity index (χ4n) is 3.99. The minimum absolute atomic E-state index is 0.438. The zero-order chi connectivity index (χ0) is 12.1. The molecule has 0 radical (unpaired) electrons. The molecule has 90 valence electrons. The molecule has 3 rings (SSSR count). The van der Waals surface area contributed by atoms with Crippen LogP contribution in [0.5, 0.6) is 0 Å². The van der Waals surface area contributed by atoms with Gasteiger partial charge in [0, 0.05) is 0 Å². The van der Waals surface area contributed by atoms with Gasteiger partial charge in [0.05, 0.1) is 0 Å². The van der Waals surface area contributed by atoms with Gasteiger partial charge in [-0.15, -0.1) is 0 Å². The van der Waals surface area contributed by atoms with Gasteiger partial charge in [-0.25, -0.2) is 0 Å². The third-order valence-electron chi connectivity index (χ3n) is 5.75. The summed E-state index contributed by atoms with van der Waals surface area (Å²) in [6, 6.07) is 10.8. The van der Waals surface area contributed by atoms with Gasteiger partial charge in [-0.1, -0.05) is 62.8 Å². The molecule has 1 aromatic rings. The SMILES string of the molecule is CC12CCC(CC1=Cc1ccccc1)C2(C)C. The number of rotatable bonds is 1. The topological polar surface area (TPSA) is 0 Å². The highest BCUT2D eigenvalue weighted by atomic mass is 14.6. The van der Waals surface area contributed by atoms with Gasteiger partial charge in [0.2, 0.25) is 0 Å². The zero-order valence-electron chi connectivity index (χ0n) is 11.2. The van der Waals surface area contributed by atoms with E-state index in [0.29, 0.717) is 10.8 Å². The number of hydrogen-bond donors (Lipinski definition) is 0. The first kappa shape index (κ1) is 11.1. The lowest BCUT2D eigenvalue weighted by atomic mass is 9.69. The molecule has 0 heterocycles. The standard InChI is InChI=1S/C17H22/c1-16(2)14-9-10-17(16,3)15(12-14)11-13-7-5-4-6-8-13/h4-8,11,14H,9-10,12H2,1-3H3. The van der Waals surface area contributed by atoms with Gasteiger partial charge in [-0.05, 0) is 41.6 Å². The minimum Gasteiger partial charge on any atom is -0.0629 e. The summed E-state index contributed by atoms with van der Waals surface area (Å²) in [5.74, 6) is 0.905. The van der Waals surface area contributed by atoms with Crippen LogP contribution >= 0.6 is 0 Å². The van der Waals surface area contributed by atoms with Crippen molar-refractivity contribution in [2.45, 2.75) is 40.0 Å². The van der Waals surface area contributed by atoms with Crippen molar-refractivity contribution < 1.29 is 0 Å². The Morgan fingerprint density at radius 2 is 1.82 bits per heavy atom. The van der Waals surface area contributed by atoms with E-state index in [0.717, 1.165) is 5.92 Å². The van der Waals surface area contributed by atoms with Gasteiger partial charge in [-0.2, -0.15) is 0 Å². The molecular weight excluding hydrogens is 204 g/mol. The fraction of sp³-hybridized carbons (Fsp3) is 0.529. The van der Waals surface area contributed by atoms with Crippen LogP contribution in [0.15, 0.2) is 35.9 Å². The molecule has 2 fully saturated rings. The van der Waals surface area contributed by atoms with E-state index < -0.39 is 0 Å². The van der Waals surface area contributed by atoms with Gasteiger partial charge < -0.3 is 0 Å². The van der Waals surface area contributed by atoms with Crippen LogP contribution in [0.4, 0.5) is 0 Å². The third kappa shape index (κ3) is 1.43. The maximum Gasteiger partial charge on any atom is -0.00590 e. The molecule has 2 saturated carbocycles. The van der Waals surface area contributed by atoms with Crippen molar-refractivity contribution >= 4 is 6.08 Å². The zero-order valence-corrected chi connectivity index (χ0v) is 11.2. The molecule has 0 aliphatic heterocycles. The summed E-state index contributed by atoms with van der Waals surface area (Å²) in [6.45, 7) is 7.42. The van der Waals surface area contributed by atoms with E-state index >= 15 is 0 Å². The van der Waals surface area contributed by atoms with Crippen LogP contribution < -0.4 is 0 Å². The van der Waals surface area contributed by atoms with Crippen LogP contribution in [-0.4, -0.2) is 0 Å². The lowest BCUT2D eigenvalue weighted by molar-refractivity contribution is 0.180. The molecule has 0 nitrogen and oxygen atoms in total. The summed E-state index contributed by atoms with van der Waals surface area (Å²) < 4.78 is 0. The number of benzene rings is 1. The largest absolute Gasteiger partial charge is 0.0629 e. The van der Waals surface area contributed by atoms with Gasteiger partial charge in [0.15, 0.2) is 0 Å². The molecular formula is C17H22. The fourth-order valence-corrected chi connectivity index (χ4v) is 3.99. The van der Waals surface area contributed by atoms with E-state index in [2.05, 4.69) is 57.2 Å². The van der Waals surface area contributed by atoms with Crippen molar-refractivity contribution in [2.75, 3.05) is 0 Å². The molecule has 0 aromatic heterocycles. The molecule has 0 amide bonds. The lowest BCUT2D eigenvalue weighted by Gasteiger charge is -2.35. The normalized spacial score (nSPS) is 36.6. The average Bonchev–Trinajstić information content (AvgIpc) is 2.63. The Morgan fingerprint density at radius 3 is 2.35 bits per heavy atom. The third-order valence-corrected chi connectivity index (χ3v) is 5.75. The quantitative estimate of drug-likeness (QED) is 0.638. The first-order valence-corrected chi connectivity index (χ1v) is 6.80. The lowest BCUT2D eigenvalue weighted by Crippen LogP contribution is -2.27. The second-order valence-electron chi connectivity index (χ2n) is 6.57. The minimum atomic E-state index is 0.438. The molecule has 2 unspecified atom stereocenters. The van der Waals surface area contributed by atoms with E-state index in [-0.39, 0.29) is 0 Å². The Morgan fingerprint density at radius 1 is 1.12 bits per heavy atom. The van der Waals surface area contributed by atoms with Crippen molar-refractivity contribution in [1.82, 2.24) is 0 Å². The maximum atomic E-state index is 2.48. The van der Waals surface area contributed by atoms with Crippen LogP contribution in [0.1, 0.15) is 45.6 Å². The van der Waals surface area contributed by atoms with Crippen LogP contribution in [0, 0.1) is 16.7 Å². The second kappa shape index (κ2) is 3.48. The van der Waals surface area contributed by atoms with Gasteiger partial charge in [0.1, 0.15) is 0 Å². The highest BCUT2D eigenvalue weighted by Gasteiger charge is 2.58. The van der Waals surface area contributed by atoms with Gasteiger partial charge >= 0.3 is 0 Å². The average molecular weight is 226 g/mol. The molecule has 0 spiro atoms. The van der Waals surface area contributed by atoms with Crippen LogP contribution in [-0.2, 0) is 0 Å². The van der Waals surface area contributed by atoms with Crippen LogP contribution in [0.2, 0.25) is 0 Å². The van der Waals surface area contributed by atoms with E-state index in [1.54, 1.807) is 5.57 Å². The van der Waals surface area contributed by atoms with Crippen molar-refractivity contribution in [3.05, 3.63) is 41.5 Å². The summed E-state index contributed by atoms with van der Waals surface area (Å²) in [5, 5.41) is 0. The molecule has 0 heteroatoms. The molecule has 0 saturated heterocycles. The highest BCUT2D eigenvalue weighted by molar-refractivity contribution is 5.56. The Hall–Kier alpha value is -1.04. The molecule has 17 heavy (non-hydrogen) atoms. The molecule has 1 aromatic carbocycles. The first-order chi connectivity index (χ1) is 8.04. The predicted octanol–water partition coefficient (Wildman–Crippen LogP) is 4.92. The number of allylic oxidation sites excluding steroid dienone is 1. The number of hydrogen-bond acceptors (Lipinski definition) is 0. The van der Waals surface area contributed by atoms with E-state index in [9.17, 15) is 0 Å². The Bertz CT molecular complexity index is 452. The summed E-state index contributed by atoms with van der Waals surface area (Å²) >= 11 is 0. The summed E-state index contributed by atoms with van der Waals surface area (Å²) in [7, 11) is 0.